The number of carboxylic acid groups (broad SMARTS) is 1. The predicted molar refractivity (Wildman–Crippen MR) is 95.7 cm³/mol. The van der Waals surface area contributed by atoms with E-state index in [2.05, 4.69) is 25.9 Å². The molecule has 3 heterocycles. The lowest BCUT2D eigenvalue weighted by atomic mass is 10.2. The van der Waals surface area contributed by atoms with Crippen molar-refractivity contribution in [2.75, 3.05) is 5.32 Å². The summed E-state index contributed by atoms with van der Waals surface area (Å²) in [6, 6.07) is 0. The Hall–Kier alpha value is -3.96. The van der Waals surface area contributed by atoms with Gasteiger partial charge in [0, 0.05) is 39.4 Å². The Morgan fingerprint density at radius 3 is 2.29 bits per heavy atom. The van der Waals surface area contributed by atoms with E-state index in [1.165, 1.54) is 17.9 Å². The van der Waals surface area contributed by atoms with Gasteiger partial charge >= 0.3 is 5.97 Å². The molecule has 0 aromatic carbocycles. The molecule has 3 rings (SSSR count). The summed E-state index contributed by atoms with van der Waals surface area (Å²) in [6.45, 7) is 0.246. The number of carboxylic acids is 1. The summed E-state index contributed by atoms with van der Waals surface area (Å²) >= 11 is 0. The average molecular weight is 386 g/mol. The topological polar surface area (TPSA) is 149 Å². The third-order valence-electron chi connectivity index (χ3n) is 4.00. The Bertz CT molecular complexity index is 1060. The smallest absolute Gasteiger partial charge is 0.339 e. The summed E-state index contributed by atoms with van der Waals surface area (Å²) in [5, 5.41) is 26.3. The molecule has 28 heavy (non-hydrogen) atoms. The van der Waals surface area contributed by atoms with Gasteiger partial charge in [0.25, 0.3) is 11.8 Å². The number of carbonyl (C=O) groups is 3. The van der Waals surface area contributed by atoms with E-state index >= 15 is 0 Å². The van der Waals surface area contributed by atoms with Crippen molar-refractivity contribution < 1.29 is 19.5 Å². The molecular formula is C16H18N8O4. The largest absolute Gasteiger partial charge is 0.478 e. The molecular weight excluding hydrogens is 368 g/mol. The van der Waals surface area contributed by atoms with Gasteiger partial charge in [-0.2, -0.15) is 15.3 Å². The van der Waals surface area contributed by atoms with Crippen LogP contribution in [0, 0.1) is 0 Å². The van der Waals surface area contributed by atoms with E-state index < -0.39 is 17.8 Å². The minimum Gasteiger partial charge on any atom is -0.478 e. The molecule has 0 aliphatic carbocycles. The summed E-state index contributed by atoms with van der Waals surface area (Å²) in [5.41, 5.74) is 0.694. The Kier molecular flexibility index (Phi) is 4.94. The van der Waals surface area contributed by atoms with Crippen LogP contribution in [0.1, 0.15) is 36.9 Å². The van der Waals surface area contributed by atoms with Gasteiger partial charge in [-0.15, -0.1) is 0 Å². The lowest BCUT2D eigenvalue weighted by molar-refractivity contribution is 0.0691. The van der Waals surface area contributed by atoms with Gasteiger partial charge in [-0.1, -0.05) is 0 Å². The lowest BCUT2D eigenvalue weighted by Gasteiger charge is -2.09. The third kappa shape index (κ3) is 3.60. The molecule has 12 nitrogen and oxygen atoms in total. The molecule has 3 aromatic rings. The summed E-state index contributed by atoms with van der Waals surface area (Å²) in [4.78, 5) is 36.4. The van der Waals surface area contributed by atoms with Crippen LogP contribution >= 0.6 is 0 Å². The first-order valence-corrected chi connectivity index (χ1v) is 8.12. The second-order valence-electron chi connectivity index (χ2n) is 6.03. The number of hydrogen-bond acceptors (Lipinski definition) is 6. The van der Waals surface area contributed by atoms with Crippen molar-refractivity contribution in [3.63, 3.8) is 0 Å². The third-order valence-corrected chi connectivity index (χ3v) is 4.00. The number of aromatic carboxylic acids is 1. The Morgan fingerprint density at radius 1 is 0.964 bits per heavy atom. The fourth-order valence-electron chi connectivity index (χ4n) is 2.67. The van der Waals surface area contributed by atoms with Crippen LogP contribution in [0.4, 0.5) is 5.69 Å². The van der Waals surface area contributed by atoms with Crippen LogP contribution in [0.2, 0.25) is 0 Å². The fourth-order valence-corrected chi connectivity index (χ4v) is 2.67. The quantitative estimate of drug-likeness (QED) is 0.529. The van der Waals surface area contributed by atoms with Gasteiger partial charge in [-0.25, -0.2) is 4.79 Å². The first-order chi connectivity index (χ1) is 13.3. The van der Waals surface area contributed by atoms with Gasteiger partial charge < -0.3 is 15.7 Å². The molecule has 0 radical (unpaired) electrons. The highest BCUT2D eigenvalue weighted by Crippen LogP contribution is 2.17. The molecule has 0 saturated carbocycles. The Balaban J connectivity index is 1.79. The molecule has 0 unspecified atom stereocenters. The van der Waals surface area contributed by atoms with Crippen LogP contribution in [0.15, 0.2) is 24.8 Å². The zero-order valence-corrected chi connectivity index (χ0v) is 15.4. The summed E-state index contributed by atoms with van der Waals surface area (Å²) in [6.07, 6.45) is 5.79. The Labute approximate surface area is 158 Å². The van der Waals surface area contributed by atoms with Gasteiger partial charge in [0.2, 0.25) is 0 Å². The number of nitrogens with one attached hydrogen (secondary N) is 2. The van der Waals surface area contributed by atoms with Gasteiger partial charge in [0.1, 0.15) is 17.0 Å². The first-order valence-electron chi connectivity index (χ1n) is 8.12. The van der Waals surface area contributed by atoms with Gasteiger partial charge in [-0.3, -0.25) is 23.6 Å². The maximum atomic E-state index is 12.6. The van der Waals surface area contributed by atoms with E-state index in [4.69, 9.17) is 0 Å². The van der Waals surface area contributed by atoms with Crippen LogP contribution in [0.25, 0.3) is 0 Å². The SMILES string of the molecule is Cn1cc(CNC(=O)c2c(NC(=O)c3c(C(=O)O)cnn3C)cnn2C)cn1. The van der Waals surface area contributed by atoms with Crippen molar-refractivity contribution in [3.05, 3.63) is 47.3 Å². The van der Waals surface area contributed by atoms with E-state index in [0.29, 0.717) is 0 Å². The normalized spacial score (nSPS) is 10.7. The van der Waals surface area contributed by atoms with Crippen molar-refractivity contribution in [1.82, 2.24) is 34.7 Å². The maximum Gasteiger partial charge on any atom is 0.339 e. The van der Waals surface area contributed by atoms with Crippen molar-refractivity contribution in [2.24, 2.45) is 21.1 Å². The highest BCUT2D eigenvalue weighted by Gasteiger charge is 2.24. The molecule has 2 amide bonds. The number of anilines is 1. The number of aryl methyl sites for hydroxylation is 3. The zero-order valence-electron chi connectivity index (χ0n) is 15.4. The first kappa shape index (κ1) is 18.8. The Morgan fingerprint density at radius 2 is 1.64 bits per heavy atom. The highest BCUT2D eigenvalue weighted by molar-refractivity contribution is 6.11. The molecule has 146 valence electrons. The zero-order chi connectivity index (χ0) is 20.4. The van der Waals surface area contributed by atoms with Crippen molar-refractivity contribution in [3.8, 4) is 0 Å². The van der Waals surface area contributed by atoms with Crippen LogP contribution < -0.4 is 10.6 Å². The standard InChI is InChI=1S/C16H18N8O4/c1-22-8-9(5-18-22)4-17-14(25)13-11(7-20-24(13)3)21-15(26)12-10(16(27)28)6-19-23(12)2/h5-8H,4H2,1-3H3,(H,17,25)(H,21,26)(H,27,28). The van der Waals surface area contributed by atoms with E-state index in [9.17, 15) is 19.5 Å². The average Bonchev–Trinajstić information content (AvgIpc) is 3.32. The maximum absolute atomic E-state index is 12.6. The van der Waals surface area contributed by atoms with E-state index in [1.807, 2.05) is 0 Å². The van der Waals surface area contributed by atoms with Crippen LogP contribution in [0.3, 0.4) is 0 Å². The second-order valence-corrected chi connectivity index (χ2v) is 6.03. The number of carbonyl (C=O) groups excluding carboxylic acids is 2. The van der Waals surface area contributed by atoms with E-state index in [0.717, 1.165) is 16.4 Å². The molecule has 3 N–H and O–H groups in total. The number of nitrogens with zero attached hydrogens (tertiary/aromatic N) is 6. The van der Waals surface area contributed by atoms with Gasteiger partial charge in [-0.05, 0) is 0 Å². The predicted octanol–water partition coefficient (Wildman–Crippen LogP) is -0.232. The molecule has 0 atom stereocenters. The molecule has 0 aliphatic heterocycles. The number of aromatic nitrogens is 6. The minimum absolute atomic E-state index is 0.122. The molecule has 0 saturated heterocycles. The van der Waals surface area contributed by atoms with Gasteiger partial charge in [0.05, 0.1) is 24.3 Å². The number of rotatable bonds is 6. The fraction of sp³-hybridized carbons (Fsp3) is 0.250. The molecule has 12 heteroatoms. The van der Waals surface area contributed by atoms with Gasteiger partial charge in [0.15, 0.2) is 0 Å². The van der Waals surface area contributed by atoms with Crippen molar-refractivity contribution in [1.29, 1.82) is 0 Å². The van der Waals surface area contributed by atoms with Crippen LogP contribution in [-0.4, -0.2) is 52.2 Å². The van der Waals surface area contributed by atoms with Crippen LogP contribution in [-0.2, 0) is 27.7 Å². The highest BCUT2D eigenvalue weighted by atomic mass is 16.4. The lowest BCUT2D eigenvalue weighted by Crippen LogP contribution is -2.27. The summed E-state index contributed by atoms with van der Waals surface area (Å²) in [7, 11) is 4.78. The molecule has 0 fully saturated rings. The van der Waals surface area contributed by atoms with Crippen molar-refractivity contribution >= 4 is 23.5 Å². The summed E-state index contributed by atoms with van der Waals surface area (Å²) in [5.74, 6) is -2.45. The number of amides is 2. The molecule has 0 aliphatic rings. The second kappa shape index (κ2) is 7.34. The van der Waals surface area contributed by atoms with E-state index in [-0.39, 0.29) is 29.2 Å². The van der Waals surface area contributed by atoms with Crippen molar-refractivity contribution in [2.45, 2.75) is 6.54 Å². The summed E-state index contributed by atoms with van der Waals surface area (Å²) < 4.78 is 4.08. The molecule has 3 aromatic heterocycles. The van der Waals surface area contributed by atoms with E-state index in [1.54, 1.807) is 31.2 Å². The minimum atomic E-state index is -1.28. The number of hydrogen-bond donors (Lipinski definition) is 3. The molecule has 0 spiro atoms. The van der Waals surface area contributed by atoms with Crippen LogP contribution in [0.5, 0.6) is 0 Å². The molecule has 0 bridgehead atoms. The monoisotopic (exact) mass is 386 g/mol.